The Kier molecular flexibility index (Phi) is 4.26. The van der Waals surface area contributed by atoms with Crippen LogP contribution in [0, 0.1) is 0 Å². The molecule has 128 valence electrons. The first-order chi connectivity index (χ1) is 11.8. The second kappa shape index (κ2) is 6.39. The summed E-state index contributed by atoms with van der Waals surface area (Å²) in [5, 5.41) is 3.33. The number of carbonyl (C=O) groups excluding carboxylic acids is 1. The number of alkyl halides is 3. The van der Waals surface area contributed by atoms with Crippen LogP contribution < -0.4 is 10.9 Å². The van der Waals surface area contributed by atoms with E-state index in [1.807, 2.05) is 24.3 Å². The molecule has 0 aliphatic rings. The van der Waals surface area contributed by atoms with Gasteiger partial charge in [-0.2, -0.15) is 13.2 Å². The molecule has 3 rings (SSSR count). The Hall–Kier alpha value is -3.16. The van der Waals surface area contributed by atoms with E-state index in [1.54, 1.807) is 6.07 Å². The average Bonchev–Trinajstić information content (AvgIpc) is 2.55. The van der Waals surface area contributed by atoms with Gasteiger partial charge in [0.25, 0.3) is 5.56 Å². The van der Waals surface area contributed by atoms with Crippen molar-refractivity contribution in [2.24, 2.45) is 0 Å². The highest BCUT2D eigenvalue weighted by Crippen LogP contribution is 2.26. The van der Waals surface area contributed by atoms with Gasteiger partial charge in [-0.1, -0.05) is 18.2 Å². The molecule has 25 heavy (non-hydrogen) atoms. The topological polar surface area (TPSA) is 64.0 Å². The number of halogens is 3. The van der Waals surface area contributed by atoms with Crippen LogP contribution in [0.2, 0.25) is 0 Å². The molecular weight excluding hydrogens is 335 g/mol. The highest BCUT2D eigenvalue weighted by molar-refractivity contribution is 5.92. The molecule has 1 amide bonds. The smallest absolute Gasteiger partial charge is 0.323 e. The van der Waals surface area contributed by atoms with Crippen molar-refractivity contribution < 1.29 is 18.0 Å². The van der Waals surface area contributed by atoms with Gasteiger partial charge < -0.3 is 9.88 Å². The van der Waals surface area contributed by atoms with Crippen molar-refractivity contribution in [1.82, 2.24) is 9.55 Å². The summed E-state index contributed by atoms with van der Waals surface area (Å²) in [5.41, 5.74) is -1.43. The van der Waals surface area contributed by atoms with Gasteiger partial charge in [-0.3, -0.25) is 14.6 Å². The van der Waals surface area contributed by atoms with Gasteiger partial charge in [0.15, 0.2) is 0 Å². The minimum absolute atomic E-state index is 0.392. The van der Waals surface area contributed by atoms with Crippen LogP contribution in [-0.2, 0) is 17.5 Å². The van der Waals surface area contributed by atoms with Crippen LogP contribution >= 0.6 is 0 Å². The van der Waals surface area contributed by atoms with Crippen molar-refractivity contribution in [2.75, 3.05) is 5.32 Å². The molecular formula is C17H12F3N3O2. The summed E-state index contributed by atoms with van der Waals surface area (Å²) in [6.07, 6.45) is -2.19. The number of benzene rings is 1. The maximum atomic E-state index is 12.7. The van der Waals surface area contributed by atoms with Gasteiger partial charge in [0.2, 0.25) is 5.91 Å². The zero-order chi connectivity index (χ0) is 18.0. The molecule has 0 saturated heterocycles. The molecule has 1 aromatic carbocycles. The molecule has 0 atom stereocenters. The van der Waals surface area contributed by atoms with Gasteiger partial charge in [0, 0.05) is 11.6 Å². The molecule has 2 aromatic heterocycles. The van der Waals surface area contributed by atoms with E-state index in [0.717, 1.165) is 23.2 Å². The van der Waals surface area contributed by atoms with Crippen LogP contribution in [0.3, 0.4) is 0 Å². The van der Waals surface area contributed by atoms with Crippen LogP contribution in [0.4, 0.5) is 18.9 Å². The molecule has 2 heterocycles. The number of anilines is 1. The van der Waals surface area contributed by atoms with E-state index in [-0.39, 0.29) is 0 Å². The van der Waals surface area contributed by atoms with E-state index in [2.05, 4.69) is 10.3 Å². The number of rotatable bonds is 3. The lowest BCUT2D eigenvalue weighted by Gasteiger charge is -2.11. The van der Waals surface area contributed by atoms with Crippen LogP contribution in [-0.4, -0.2) is 15.5 Å². The number of carbonyl (C=O) groups is 1. The van der Waals surface area contributed by atoms with E-state index in [1.165, 1.54) is 6.20 Å². The number of nitrogens with zero attached hydrogens (tertiary/aromatic N) is 2. The Morgan fingerprint density at radius 2 is 1.92 bits per heavy atom. The van der Waals surface area contributed by atoms with Crippen LogP contribution in [0.15, 0.2) is 59.7 Å². The lowest BCUT2D eigenvalue weighted by molar-refractivity contribution is -0.139. The summed E-state index contributed by atoms with van der Waals surface area (Å²) in [7, 11) is 0. The molecule has 0 aliphatic heterocycles. The number of fused-ring (bicyclic) bond motifs is 1. The maximum Gasteiger partial charge on any atom is 0.421 e. The Morgan fingerprint density at radius 3 is 2.68 bits per heavy atom. The molecule has 0 aliphatic carbocycles. The lowest BCUT2D eigenvalue weighted by atomic mass is 10.2. The minimum atomic E-state index is -4.77. The normalized spacial score (nSPS) is 11.5. The number of nitrogens with one attached hydrogen (secondary N) is 1. The second-order valence-electron chi connectivity index (χ2n) is 5.32. The van der Waals surface area contributed by atoms with Crippen molar-refractivity contribution in [3.05, 3.63) is 70.8 Å². The van der Waals surface area contributed by atoms with Crippen LogP contribution in [0.25, 0.3) is 10.9 Å². The first-order valence-corrected chi connectivity index (χ1v) is 7.26. The van der Waals surface area contributed by atoms with E-state index < -0.39 is 29.8 Å². The first-order valence-electron chi connectivity index (χ1n) is 7.26. The molecule has 0 fully saturated rings. The van der Waals surface area contributed by atoms with Gasteiger partial charge >= 0.3 is 6.18 Å². The summed E-state index contributed by atoms with van der Waals surface area (Å²) >= 11 is 0. The van der Waals surface area contributed by atoms with Gasteiger partial charge in [0.05, 0.1) is 17.4 Å². The molecule has 8 heteroatoms. The summed E-state index contributed by atoms with van der Waals surface area (Å²) in [5.74, 6) is -0.626. The zero-order valence-corrected chi connectivity index (χ0v) is 12.7. The fourth-order valence-electron chi connectivity index (χ4n) is 2.37. The quantitative estimate of drug-likeness (QED) is 0.792. The predicted octanol–water partition coefficient (Wildman–Crippen LogP) is 3.05. The Bertz CT molecular complexity index is 996. The molecule has 5 nitrogen and oxygen atoms in total. The molecule has 0 unspecified atom stereocenters. The SMILES string of the molecule is O=C(Cn1cccc(C(F)(F)F)c1=O)Nc1cnc2ccccc2c1. The second-order valence-corrected chi connectivity index (χ2v) is 5.32. The summed E-state index contributed by atoms with van der Waals surface area (Å²) < 4.78 is 38.9. The van der Waals surface area contributed by atoms with E-state index in [4.69, 9.17) is 0 Å². The number of para-hydroxylation sites is 1. The number of amides is 1. The fourth-order valence-corrected chi connectivity index (χ4v) is 2.37. The largest absolute Gasteiger partial charge is 0.421 e. The summed E-state index contributed by atoms with van der Waals surface area (Å²) in [6.45, 7) is -0.532. The lowest BCUT2D eigenvalue weighted by Crippen LogP contribution is -2.31. The highest BCUT2D eigenvalue weighted by Gasteiger charge is 2.34. The summed E-state index contributed by atoms with van der Waals surface area (Å²) in [4.78, 5) is 28.1. The number of aromatic nitrogens is 2. The zero-order valence-electron chi connectivity index (χ0n) is 12.7. The fraction of sp³-hybridized carbons (Fsp3) is 0.118. The number of hydrogen-bond donors (Lipinski definition) is 1. The summed E-state index contributed by atoms with van der Waals surface area (Å²) in [6, 6.07) is 10.7. The number of hydrogen-bond acceptors (Lipinski definition) is 3. The molecule has 0 bridgehead atoms. The van der Waals surface area contributed by atoms with Gasteiger partial charge in [-0.05, 0) is 24.3 Å². The van der Waals surface area contributed by atoms with Crippen molar-refractivity contribution in [3.63, 3.8) is 0 Å². The molecule has 3 aromatic rings. The van der Waals surface area contributed by atoms with E-state index in [9.17, 15) is 22.8 Å². The third kappa shape index (κ3) is 3.68. The monoisotopic (exact) mass is 347 g/mol. The van der Waals surface area contributed by atoms with Gasteiger partial charge in [-0.15, -0.1) is 0 Å². The Morgan fingerprint density at radius 1 is 1.16 bits per heavy atom. The maximum absolute atomic E-state index is 12.7. The first kappa shape index (κ1) is 16.7. The van der Waals surface area contributed by atoms with Gasteiger partial charge in [0.1, 0.15) is 12.1 Å². The predicted molar refractivity (Wildman–Crippen MR) is 86.1 cm³/mol. The average molecular weight is 347 g/mol. The molecule has 1 N–H and O–H groups in total. The van der Waals surface area contributed by atoms with Crippen LogP contribution in [0.1, 0.15) is 5.56 Å². The minimum Gasteiger partial charge on any atom is -0.323 e. The van der Waals surface area contributed by atoms with Crippen molar-refractivity contribution >= 4 is 22.5 Å². The third-order valence-electron chi connectivity index (χ3n) is 3.51. The Labute approximate surface area is 139 Å². The standard InChI is InChI=1S/C17H12F3N3O2/c18-17(19,20)13-5-3-7-23(16(13)25)10-15(24)22-12-8-11-4-1-2-6-14(11)21-9-12/h1-9H,10H2,(H,22,24). The van der Waals surface area contributed by atoms with E-state index in [0.29, 0.717) is 16.3 Å². The van der Waals surface area contributed by atoms with Crippen LogP contribution in [0.5, 0.6) is 0 Å². The third-order valence-corrected chi connectivity index (χ3v) is 3.51. The number of pyridine rings is 2. The van der Waals surface area contributed by atoms with Gasteiger partial charge in [-0.25, -0.2) is 0 Å². The van der Waals surface area contributed by atoms with Crippen molar-refractivity contribution in [2.45, 2.75) is 12.7 Å². The molecule has 0 radical (unpaired) electrons. The molecule has 0 saturated carbocycles. The highest BCUT2D eigenvalue weighted by atomic mass is 19.4. The Balaban J connectivity index is 1.79. The molecule has 0 spiro atoms. The van der Waals surface area contributed by atoms with Crippen molar-refractivity contribution in [1.29, 1.82) is 0 Å². The van der Waals surface area contributed by atoms with Crippen molar-refractivity contribution in [3.8, 4) is 0 Å². The van der Waals surface area contributed by atoms with E-state index >= 15 is 0 Å².